The molecule has 1 aromatic rings. The number of hydrogen-bond acceptors (Lipinski definition) is 2. The van der Waals surface area contributed by atoms with Crippen LogP contribution in [0, 0.1) is 11.8 Å². The van der Waals surface area contributed by atoms with Crippen molar-refractivity contribution < 1.29 is 0 Å². The van der Waals surface area contributed by atoms with Gasteiger partial charge < -0.3 is 5.73 Å². The molecule has 0 bridgehead atoms. The molecule has 1 aromatic carbocycles. The molecule has 1 heterocycles. The van der Waals surface area contributed by atoms with E-state index in [0.29, 0.717) is 12.6 Å². The standard InChI is InChI=1S/C15H24N2/c1-12-8-13(2)11-17(10-12)15(9-16)14-6-4-3-5-7-14/h3-7,12-13,15H,8-11,16H2,1-2H3. The second-order valence-electron chi connectivity index (χ2n) is 5.56. The lowest BCUT2D eigenvalue weighted by Gasteiger charge is -2.40. The first-order valence-electron chi connectivity index (χ1n) is 6.69. The van der Waals surface area contributed by atoms with Gasteiger partial charge in [-0.2, -0.15) is 0 Å². The number of nitrogens with zero attached hydrogens (tertiary/aromatic N) is 1. The molecule has 0 saturated carbocycles. The minimum atomic E-state index is 0.390. The fourth-order valence-electron chi connectivity index (χ4n) is 3.14. The van der Waals surface area contributed by atoms with Crippen molar-refractivity contribution in [1.82, 2.24) is 4.90 Å². The average Bonchev–Trinajstić information content (AvgIpc) is 2.30. The zero-order chi connectivity index (χ0) is 12.3. The third-order valence-corrected chi connectivity index (χ3v) is 3.75. The highest BCUT2D eigenvalue weighted by Gasteiger charge is 2.27. The SMILES string of the molecule is CC1CC(C)CN(C(CN)c2ccccc2)C1. The van der Waals surface area contributed by atoms with Crippen molar-refractivity contribution in [2.45, 2.75) is 26.3 Å². The lowest BCUT2D eigenvalue weighted by atomic mass is 9.90. The van der Waals surface area contributed by atoms with Gasteiger partial charge in [0.25, 0.3) is 0 Å². The quantitative estimate of drug-likeness (QED) is 0.868. The lowest BCUT2D eigenvalue weighted by Crippen LogP contribution is -2.43. The van der Waals surface area contributed by atoms with Crippen LogP contribution in [-0.2, 0) is 0 Å². The normalized spacial score (nSPS) is 27.9. The van der Waals surface area contributed by atoms with Crippen LogP contribution in [-0.4, -0.2) is 24.5 Å². The minimum absolute atomic E-state index is 0.390. The maximum Gasteiger partial charge on any atom is 0.0470 e. The van der Waals surface area contributed by atoms with E-state index in [4.69, 9.17) is 5.73 Å². The summed E-state index contributed by atoms with van der Waals surface area (Å²) >= 11 is 0. The number of nitrogens with two attached hydrogens (primary N) is 1. The van der Waals surface area contributed by atoms with Gasteiger partial charge in [0.2, 0.25) is 0 Å². The summed E-state index contributed by atoms with van der Waals surface area (Å²) in [6.07, 6.45) is 1.35. The first-order chi connectivity index (χ1) is 8.20. The van der Waals surface area contributed by atoms with Gasteiger partial charge in [0.05, 0.1) is 0 Å². The summed E-state index contributed by atoms with van der Waals surface area (Å²) in [7, 11) is 0. The highest BCUT2D eigenvalue weighted by atomic mass is 15.2. The van der Waals surface area contributed by atoms with Crippen LogP contribution in [0.4, 0.5) is 0 Å². The van der Waals surface area contributed by atoms with Gasteiger partial charge in [-0.3, -0.25) is 4.90 Å². The molecule has 2 rings (SSSR count). The Bertz CT molecular complexity index is 326. The summed E-state index contributed by atoms with van der Waals surface area (Å²) in [4.78, 5) is 2.56. The van der Waals surface area contributed by atoms with Gasteiger partial charge in [-0.1, -0.05) is 44.2 Å². The van der Waals surface area contributed by atoms with Crippen LogP contribution in [0.15, 0.2) is 30.3 Å². The van der Waals surface area contributed by atoms with Crippen LogP contribution < -0.4 is 5.73 Å². The van der Waals surface area contributed by atoms with Gasteiger partial charge in [0, 0.05) is 25.7 Å². The summed E-state index contributed by atoms with van der Waals surface area (Å²) in [5, 5.41) is 0. The zero-order valence-electron chi connectivity index (χ0n) is 11.0. The fourth-order valence-corrected chi connectivity index (χ4v) is 3.14. The molecule has 0 amide bonds. The van der Waals surface area contributed by atoms with Gasteiger partial charge in [-0.15, -0.1) is 0 Å². The molecule has 1 fully saturated rings. The molecule has 1 aliphatic heterocycles. The van der Waals surface area contributed by atoms with Crippen LogP contribution >= 0.6 is 0 Å². The molecule has 0 aliphatic carbocycles. The number of hydrogen-bond donors (Lipinski definition) is 1. The van der Waals surface area contributed by atoms with E-state index in [-0.39, 0.29) is 0 Å². The maximum atomic E-state index is 5.98. The molecule has 2 heteroatoms. The molecular formula is C15H24N2. The van der Waals surface area contributed by atoms with Crippen LogP contribution in [0.25, 0.3) is 0 Å². The molecule has 0 radical (unpaired) electrons. The molecule has 94 valence electrons. The zero-order valence-corrected chi connectivity index (χ0v) is 11.0. The van der Waals surface area contributed by atoms with Crippen LogP contribution in [0.3, 0.4) is 0 Å². The number of piperidine rings is 1. The molecule has 3 unspecified atom stereocenters. The highest BCUT2D eigenvalue weighted by molar-refractivity contribution is 5.19. The van der Waals surface area contributed by atoms with E-state index < -0.39 is 0 Å². The van der Waals surface area contributed by atoms with Crippen LogP contribution in [0.1, 0.15) is 31.9 Å². The van der Waals surface area contributed by atoms with E-state index in [1.54, 1.807) is 0 Å². The van der Waals surface area contributed by atoms with Crippen LogP contribution in [0.2, 0.25) is 0 Å². The van der Waals surface area contributed by atoms with E-state index in [2.05, 4.69) is 49.1 Å². The molecule has 1 aliphatic rings. The Morgan fingerprint density at radius 3 is 2.29 bits per heavy atom. The summed E-state index contributed by atoms with van der Waals surface area (Å²) in [5.74, 6) is 1.58. The van der Waals surface area contributed by atoms with E-state index in [0.717, 1.165) is 11.8 Å². The topological polar surface area (TPSA) is 29.3 Å². The minimum Gasteiger partial charge on any atom is -0.329 e. The second-order valence-corrected chi connectivity index (χ2v) is 5.56. The molecule has 0 spiro atoms. The average molecular weight is 232 g/mol. The highest BCUT2D eigenvalue weighted by Crippen LogP contribution is 2.28. The number of rotatable bonds is 3. The maximum absolute atomic E-state index is 5.98. The van der Waals surface area contributed by atoms with Crippen LogP contribution in [0.5, 0.6) is 0 Å². The molecular weight excluding hydrogens is 208 g/mol. The van der Waals surface area contributed by atoms with E-state index in [1.165, 1.54) is 25.1 Å². The Balaban J connectivity index is 2.13. The predicted octanol–water partition coefficient (Wildman–Crippen LogP) is 2.66. The smallest absolute Gasteiger partial charge is 0.0470 e. The van der Waals surface area contributed by atoms with Gasteiger partial charge in [0.1, 0.15) is 0 Å². The third kappa shape index (κ3) is 3.08. The van der Waals surface area contributed by atoms with E-state index in [1.807, 2.05) is 0 Å². The first kappa shape index (κ1) is 12.6. The lowest BCUT2D eigenvalue weighted by molar-refractivity contribution is 0.0984. The molecule has 17 heavy (non-hydrogen) atoms. The van der Waals surface area contributed by atoms with Crippen molar-refractivity contribution in [3.63, 3.8) is 0 Å². The first-order valence-corrected chi connectivity index (χ1v) is 6.69. The van der Waals surface area contributed by atoms with Gasteiger partial charge in [-0.05, 0) is 23.8 Å². The van der Waals surface area contributed by atoms with Gasteiger partial charge in [0.15, 0.2) is 0 Å². The van der Waals surface area contributed by atoms with Crippen molar-refractivity contribution in [1.29, 1.82) is 0 Å². The number of likely N-dealkylation sites (tertiary alicyclic amines) is 1. The van der Waals surface area contributed by atoms with E-state index >= 15 is 0 Å². The summed E-state index contributed by atoms with van der Waals surface area (Å²) in [6, 6.07) is 11.1. The molecule has 3 atom stereocenters. The monoisotopic (exact) mass is 232 g/mol. The summed E-state index contributed by atoms with van der Waals surface area (Å²) in [6.45, 7) is 7.77. The van der Waals surface area contributed by atoms with Crippen molar-refractivity contribution >= 4 is 0 Å². The molecule has 0 aromatic heterocycles. The molecule has 2 nitrogen and oxygen atoms in total. The summed E-state index contributed by atoms with van der Waals surface area (Å²) < 4.78 is 0. The van der Waals surface area contributed by atoms with Gasteiger partial charge in [-0.25, -0.2) is 0 Å². The van der Waals surface area contributed by atoms with E-state index in [9.17, 15) is 0 Å². The Morgan fingerprint density at radius 2 is 1.76 bits per heavy atom. The molecule has 1 saturated heterocycles. The Hall–Kier alpha value is -0.860. The third-order valence-electron chi connectivity index (χ3n) is 3.75. The van der Waals surface area contributed by atoms with Crippen molar-refractivity contribution in [3.05, 3.63) is 35.9 Å². The van der Waals surface area contributed by atoms with Crippen molar-refractivity contribution in [2.24, 2.45) is 17.6 Å². The van der Waals surface area contributed by atoms with Gasteiger partial charge >= 0.3 is 0 Å². The Labute approximate surface area is 105 Å². The van der Waals surface area contributed by atoms with Crippen molar-refractivity contribution in [3.8, 4) is 0 Å². The fraction of sp³-hybridized carbons (Fsp3) is 0.600. The second kappa shape index (κ2) is 5.65. The summed E-state index contributed by atoms with van der Waals surface area (Å²) in [5.41, 5.74) is 7.34. The Kier molecular flexibility index (Phi) is 4.19. The predicted molar refractivity (Wildman–Crippen MR) is 72.8 cm³/mol. The number of benzene rings is 1. The van der Waals surface area contributed by atoms with Crippen molar-refractivity contribution in [2.75, 3.05) is 19.6 Å². The molecule has 2 N–H and O–H groups in total. The largest absolute Gasteiger partial charge is 0.329 e. The Morgan fingerprint density at radius 1 is 1.18 bits per heavy atom.